The molecular formula is C11H13FN2O. The lowest BCUT2D eigenvalue weighted by Gasteiger charge is -2.04. The van der Waals surface area contributed by atoms with Crippen LogP contribution in [0.1, 0.15) is 18.0 Å². The van der Waals surface area contributed by atoms with Crippen molar-refractivity contribution < 1.29 is 9.13 Å². The number of halogens is 1. The first-order valence-electron chi connectivity index (χ1n) is 4.94. The third-order valence-electron chi connectivity index (χ3n) is 2.30. The fraction of sp³-hybridized carbons (Fsp3) is 0.364. The van der Waals surface area contributed by atoms with Crippen molar-refractivity contribution in [1.29, 1.82) is 0 Å². The summed E-state index contributed by atoms with van der Waals surface area (Å²) >= 11 is 0. The SMILES string of the molecule is NCCC1=NC(c2cccc(F)c2)CO1. The van der Waals surface area contributed by atoms with Crippen LogP contribution in [0.3, 0.4) is 0 Å². The van der Waals surface area contributed by atoms with Crippen LogP contribution in [0.5, 0.6) is 0 Å². The largest absolute Gasteiger partial charge is 0.478 e. The number of aliphatic imine (C=N–C) groups is 1. The highest BCUT2D eigenvalue weighted by Crippen LogP contribution is 2.23. The van der Waals surface area contributed by atoms with E-state index in [2.05, 4.69) is 4.99 Å². The minimum atomic E-state index is -0.241. The maximum absolute atomic E-state index is 13.0. The van der Waals surface area contributed by atoms with E-state index < -0.39 is 0 Å². The molecule has 80 valence electrons. The van der Waals surface area contributed by atoms with Crippen molar-refractivity contribution in [2.75, 3.05) is 13.2 Å². The highest BCUT2D eigenvalue weighted by atomic mass is 19.1. The van der Waals surface area contributed by atoms with Crippen LogP contribution in [0.2, 0.25) is 0 Å². The van der Waals surface area contributed by atoms with Crippen molar-refractivity contribution in [1.82, 2.24) is 0 Å². The first-order chi connectivity index (χ1) is 7.29. The molecule has 0 radical (unpaired) electrons. The van der Waals surface area contributed by atoms with Crippen LogP contribution in [0, 0.1) is 5.82 Å². The number of ether oxygens (including phenoxy) is 1. The van der Waals surface area contributed by atoms with E-state index in [0.717, 1.165) is 5.56 Å². The number of nitrogens with zero attached hydrogens (tertiary/aromatic N) is 1. The van der Waals surface area contributed by atoms with Crippen LogP contribution < -0.4 is 5.73 Å². The Kier molecular flexibility index (Phi) is 2.97. The number of rotatable bonds is 3. The minimum absolute atomic E-state index is 0.0813. The molecule has 0 saturated carbocycles. The molecule has 2 N–H and O–H groups in total. The molecule has 1 aromatic carbocycles. The molecule has 1 aromatic rings. The van der Waals surface area contributed by atoms with Crippen molar-refractivity contribution in [3.63, 3.8) is 0 Å². The van der Waals surface area contributed by atoms with Gasteiger partial charge < -0.3 is 10.5 Å². The molecule has 0 spiro atoms. The Morgan fingerprint density at radius 2 is 2.40 bits per heavy atom. The van der Waals surface area contributed by atoms with E-state index in [9.17, 15) is 4.39 Å². The monoisotopic (exact) mass is 208 g/mol. The van der Waals surface area contributed by atoms with E-state index in [0.29, 0.717) is 25.5 Å². The fourth-order valence-corrected chi connectivity index (χ4v) is 1.57. The maximum Gasteiger partial charge on any atom is 0.185 e. The first-order valence-corrected chi connectivity index (χ1v) is 4.94. The Morgan fingerprint density at radius 1 is 1.53 bits per heavy atom. The summed E-state index contributed by atoms with van der Waals surface area (Å²) < 4.78 is 18.3. The van der Waals surface area contributed by atoms with Gasteiger partial charge in [-0.25, -0.2) is 9.38 Å². The zero-order valence-electron chi connectivity index (χ0n) is 8.32. The molecule has 1 unspecified atom stereocenters. The van der Waals surface area contributed by atoms with E-state index in [4.69, 9.17) is 10.5 Å². The average Bonchev–Trinajstić information content (AvgIpc) is 2.67. The molecule has 2 rings (SSSR count). The Balaban J connectivity index is 2.13. The summed E-state index contributed by atoms with van der Waals surface area (Å²) in [5.74, 6) is 0.432. The van der Waals surface area contributed by atoms with Gasteiger partial charge in [-0.1, -0.05) is 12.1 Å². The van der Waals surface area contributed by atoms with Gasteiger partial charge in [0.2, 0.25) is 0 Å². The van der Waals surface area contributed by atoms with Crippen LogP contribution in [0.25, 0.3) is 0 Å². The lowest BCUT2D eigenvalue weighted by Crippen LogP contribution is -2.07. The predicted molar refractivity (Wildman–Crippen MR) is 56.2 cm³/mol. The van der Waals surface area contributed by atoms with Crippen LogP contribution in [0.4, 0.5) is 4.39 Å². The number of hydrogen-bond acceptors (Lipinski definition) is 3. The number of benzene rings is 1. The second-order valence-corrected chi connectivity index (χ2v) is 3.44. The topological polar surface area (TPSA) is 47.6 Å². The van der Waals surface area contributed by atoms with Crippen LogP contribution in [-0.4, -0.2) is 19.0 Å². The normalized spacial score (nSPS) is 19.9. The summed E-state index contributed by atoms with van der Waals surface area (Å²) in [6, 6.07) is 6.36. The molecule has 4 heteroatoms. The molecule has 3 nitrogen and oxygen atoms in total. The van der Waals surface area contributed by atoms with E-state index in [1.165, 1.54) is 12.1 Å². The van der Waals surface area contributed by atoms with Gasteiger partial charge in [0.1, 0.15) is 18.5 Å². The van der Waals surface area contributed by atoms with Crippen molar-refractivity contribution in [3.05, 3.63) is 35.6 Å². The molecule has 1 aliphatic rings. The Bertz CT molecular complexity index is 379. The highest BCUT2D eigenvalue weighted by Gasteiger charge is 2.19. The Hall–Kier alpha value is -1.42. The summed E-state index contributed by atoms with van der Waals surface area (Å²) in [5.41, 5.74) is 6.24. The summed E-state index contributed by atoms with van der Waals surface area (Å²) in [7, 11) is 0. The molecule has 15 heavy (non-hydrogen) atoms. The second-order valence-electron chi connectivity index (χ2n) is 3.44. The van der Waals surface area contributed by atoms with Crippen molar-refractivity contribution in [3.8, 4) is 0 Å². The zero-order chi connectivity index (χ0) is 10.7. The van der Waals surface area contributed by atoms with E-state index >= 15 is 0 Å². The molecule has 1 atom stereocenters. The summed E-state index contributed by atoms with van der Waals surface area (Å²) in [6.07, 6.45) is 0.645. The molecule has 0 fully saturated rings. The molecule has 0 aromatic heterocycles. The minimum Gasteiger partial charge on any atom is -0.478 e. The van der Waals surface area contributed by atoms with E-state index in [1.807, 2.05) is 6.07 Å². The third kappa shape index (κ3) is 2.33. The summed E-state index contributed by atoms with van der Waals surface area (Å²) in [4.78, 5) is 4.34. The molecular weight excluding hydrogens is 195 g/mol. The fourth-order valence-electron chi connectivity index (χ4n) is 1.57. The molecule has 0 saturated heterocycles. The van der Waals surface area contributed by atoms with Crippen LogP contribution in [0.15, 0.2) is 29.3 Å². The molecule has 1 heterocycles. The van der Waals surface area contributed by atoms with Crippen LogP contribution >= 0.6 is 0 Å². The van der Waals surface area contributed by atoms with Crippen LogP contribution in [-0.2, 0) is 4.74 Å². The van der Waals surface area contributed by atoms with Gasteiger partial charge in [0.25, 0.3) is 0 Å². The predicted octanol–water partition coefficient (Wildman–Crippen LogP) is 1.64. The molecule has 0 amide bonds. The van der Waals surface area contributed by atoms with Gasteiger partial charge >= 0.3 is 0 Å². The van der Waals surface area contributed by atoms with Gasteiger partial charge in [-0.15, -0.1) is 0 Å². The van der Waals surface area contributed by atoms with Gasteiger partial charge in [-0.05, 0) is 17.7 Å². The molecule has 0 bridgehead atoms. The van der Waals surface area contributed by atoms with Crippen molar-refractivity contribution >= 4 is 5.90 Å². The quantitative estimate of drug-likeness (QED) is 0.820. The van der Waals surface area contributed by atoms with Gasteiger partial charge in [-0.3, -0.25) is 0 Å². The maximum atomic E-state index is 13.0. The standard InChI is InChI=1S/C11H13FN2O/c12-9-3-1-2-8(6-9)10-7-15-11(14-10)4-5-13/h1-3,6,10H,4-5,7,13H2. The van der Waals surface area contributed by atoms with E-state index in [-0.39, 0.29) is 11.9 Å². The van der Waals surface area contributed by atoms with Crippen molar-refractivity contribution in [2.45, 2.75) is 12.5 Å². The molecule has 1 aliphatic heterocycles. The lowest BCUT2D eigenvalue weighted by molar-refractivity contribution is 0.312. The summed E-state index contributed by atoms with van der Waals surface area (Å²) in [6.45, 7) is 1.01. The zero-order valence-corrected chi connectivity index (χ0v) is 8.32. The average molecular weight is 208 g/mol. The Morgan fingerprint density at radius 3 is 3.13 bits per heavy atom. The smallest absolute Gasteiger partial charge is 0.185 e. The van der Waals surface area contributed by atoms with Crippen molar-refractivity contribution in [2.24, 2.45) is 10.7 Å². The number of nitrogens with two attached hydrogens (primary N) is 1. The molecule has 0 aliphatic carbocycles. The first kappa shape index (κ1) is 10.1. The third-order valence-corrected chi connectivity index (χ3v) is 2.30. The Labute approximate surface area is 87.8 Å². The number of hydrogen-bond donors (Lipinski definition) is 1. The second kappa shape index (κ2) is 4.40. The van der Waals surface area contributed by atoms with Gasteiger partial charge in [-0.2, -0.15) is 0 Å². The lowest BCUT2D eigenvalue weighted by atomic mass is 10.1. The van der Waals surface area contributed by atoms with Gasteiger partial charge in [0, 0.05) is 13.0 Å². The van der Waals surface area contributed by atoms with Gasteiger partial charge in [0.05, 0.1) is 0 Å². The highest BCUT2D eigenvalue weighted by molar-refractivity contribution is 5.78. The van der Waals surface area contributed by atoms with E-state index in [1.54, 1.807) is 6.07 Å². The van der Waals surface area contributed by atoms with Gasteiger partial charge in [0.15, 0.2) is 5.90 Å². The summed E-state index contributed by atoms with van der Waals surface area (Å²) in [5, 5.41) is 0.